The number of esters is 1. The predicted octanol–water partition coefficient (Wildman–Crippen LogP) is 4.37. The molecule has 0 atom stereocenters. The van der Waals surface area contributed by atoms with Crippen molar-refractivity contribution in [1.82, 2.24) is 0 Å². The summed E-state index contributed by atoms with van der Waals surface area (Å²) < 4.78 is 17.4. The average Bonchev–Trinajstić information content (AvgIpc) is 2.60. The molecule has 4 nitrogen and oxygen atoms in total. The maximum atomic E-state index is 12.0. The van der Waals surface area contributed by atoms with Crippen LogP contribution < -0.4 is 9.47 Å². The van der Waals surface area contributed by atoms with E-state index in [9.17, 15) is 4.79 Å². The highest BCUT2D eigenvalue weighted by atomic mass is 127. The summed E-state index contributed by atoms with van der Waals surface area (Å²) in [6.45, 7) is 4.73. The third kappa shape index (κ3) is 5.13. The van der Waals surface area contributed by atoms with E-state index in [0.717, 1.165) is 14.7 Å². The lowest BCUT2D eigenvalue weighted by Crippen LogP contribution is -2.08. The standard InChI is InChI=1S/C20H19IO4/c1-4-10-24-20(22)16-11-17(21)19(18(12-16)23-5-2)25-13-15-9-7-6-8-14(15)3/h1,6-9,11-12H,5,10,13H2,2-3H3. The van der Waals surface area contributed by atoms with Gasteiger partial charge in [-0.05, 0) is 59.7 Å². The zero-order valence-corrected chi connectivity index (χ0v) is 16.3. The van der Waals surface area contributed by atoms with E-state index in [-0.39, 0.29) is 6.61 Å². The number of ether oxygens (including phenoxy) is 3. The van der Waals surface area contributed by atoms with Gasteiger partial charge in [0.05, 0.1) is 15.7 Å². The first kappa shape index (κ1) is 19.1. The van der Waals surface area contributed by atoms with E-state index < -0.39 is 5.97 Å². The molecule has 2 aromatic rings. The lowest BCUT2D eigenvalue weighted by molar-refractivity contribution is 0.0556. The summed E-state index contributed by atoms with van der Waals surface area (Å²) in [6, 6.07) is 11.4. The number of carbonyl (C=O) groups excluding carboxylic acids is 1. The first-order valence-corrected chi connectivity index (χ1v) is 8.89. The van der Waals surface area contributed by atoms with E-state index in [0.29, 0.717) is 30.3 Å². The number of hydrogen-bond donors (Lipinski definition) is 0. The molecular weight excluding hydrogens is 431 g/mol. The summed E-state index contributed by atoms with van der Waals surface area (Å²) in [4.78, 5) is 12.0. The predicted molar refractivity (Wildman–Crippen MR) is 105 cm³/mol. The van der Waals surface area contributed by atoms with E-state index in [1.165, 1.54) is 0 Å². The Balaban J connectivity index is 2.26. The normalized spacial score (nSPS) is 10.0. The highest BCUT2D eigenvalue weighted by molar-refractivity contribution is 14.1. The molecule has 0 unspecified atom stereocenters. The second-order valence-corrected chi connectivity index (χ2v) is 6.38. The highest BCUT2D eigenvalue weighted by Crippen LogP contribution is 2.35. The Kier molecular flexibility index (Phi) is 7.14. The number of aryl methyl sites for hydroxylation is 1. The number of hydrogen-bond acceptors (Lipinski definition) is 4. The molecule has 0 saturated heterocycles. The Bertz CT molecular complexity index is 793. The minimum Gasteiger partial charge on any atom is -0.490 e. The van der Waals surface area contributed by atoms with Crippen LogP contribution in [0, 0.1) is 22.8 Å². The first-order chi connectivity index (χ1) is 12.1. The van der Waals surface area contributed by atoms with Crippen molar-refractivity contribution in [3.8, 4) is 23.8 Å². The molecule has 0 spiro atoms. The van der Waals surface area contributed by atoms with E-state index >= 15 is 0 Å². The van der Waals surface area contributed by atoms with Crippen molar-refractivity contribution < 1.29 is 19.0 Å². The van der Waals surface area contributed by atoms with Gasteiger partial charge in [0.15, 0.2) is 18.1 Å². The fourth-order valence-electron chi connectivity index (χ4n) is 2.20. The largest absolute Gasteiger partial charge is 0.490 e. The molecule has 0 radical (unpaired) electrons. The second kappa shape index (κ2) is 9.33. The number of carbonyl (C=O) groups is 1. The van der Waals surface area contributed by atoms with Gasteiger partial charge in [-0.25, -0.2) is 4.79 Å². The number of terminal acetylenes is 1. The minimum absolute atomic E-state index is 0.0646. The zero-order valence-electron chi connectivity index (χ0n) is 14.2. The van der Waals surface area contributed by atoms with Crippen molar-refractivity contribution >= 4 is 28.6 Å². The quantitative estimate of drug-likeness (QED) is 0.357. The molecule has 130 valence electrons. The van der Waals surface area contributed by atoms with Crippen LogP contribution in [0.15, 0.2) is 36.4 Å². The Labute approximate surface area is 161 Å². The first-order valence-electron chi connectivity index (χ1n) is 7.81. The van der Waals surface area contributed by atoms with Crippen LogP contribution in [0.25, 0.3) is 0 Å². The lowest BCUT2D eigenvalue weighted by atomic mass is 10.1. The SMILES string of the molecule is C#CCOC(=O)c1cc(I)c(OCc2ccccc2C)c(OCC)c1. The number of benzene rings is 2. The zero-order chi connectivity index (χ0) is 18.2. The molecular formula is C20H19IO4. The third-order valence-corrected chi connectivity index (χ3v) is 4.27. The molecule has 0 aliphatic heterocycles. The molecule has 0 aliphatic rings. The van der Waals surface area contributed by atoms with Crippen LogP contribution >= 0.6 is 22.6 Å². The highest BCUT2D eigenvalue weighted by Gasteiger charge is 2.17. The van der Waals surface area contributed by atoms with Crippen LogP contribution in [-0.4, -0.2) is 19.2 Å². The van der Waals surface area contributed by atoms with Gasteiger partial charge in [0.2, 0.25) is 0 Å². The molecule has 0 N–H and O–H groups in total. The molecule has 0 aromatic heterocycles. The average molecular weight is 450 g/mol. The van der Waals surface area contributed by atoms with Gasteiger partial charge < -0.3 is 14.2 Å². The fraction of sp³-hybridized carbons (Fsp3) is 0.250. The lowest BCUT2D eigenvalue weighted by Gasteiger charge is -2.16. The van der Waals surface area contributed by atoms with Crippen molar-refractivity contribution in [2.75, 3.05) is 13.2 Å². The molecule has 0 bridgehead atoms. The van der Waals surface area contributed by atoms with Gasteiger partial charge in [-0.15, -0.1) is 6.42 Å². The van der Waals surface area contributed by atoms with Gasteiger partial charge in [-0.1, -0.05) is 30.2 Å². The van der Waals surface area contributed by atoms with Crippen LogP contribution in [-0.2, 0) is 11.3 Å². The Morgan fingerprint density at radius 3 is 2.68 bits per heavy atom. The van der Waals surface area contributed by atoms with Crippen LogP contribution in [0.5, 0.6) is 11.5 Å². The molecule has 2 aromatic carbocycles. The van der Waals surface area contributed by atoms with Gasteiger partial charge in [0, 0.05) is 0 Å². The third-order valence-electron chi connectivity index (χ3n) is 3.46. The second-order valence-electron chi connectivity index (χ2n) is 5.21. The van der Waals surface area contributed by atoms with Crippen molar-refractivity contribution in [2.24, 2.45) is 0 Å². The van der Waals surface area contributed by atoms with Crippen molar-refractivity contribution in [3.05, 3.63) is 56.7 Å². The van der Waals surface area contributed by atoms with Crippen molar-refractivity contribution in [2.45, 2.75) is 20.5 Å². The fourth-order valence-corrected chi connectivity index (χ4v) is 2.96. The number of rotatable bonds is 7. The summed E-state index contributed by atoms with van der Waals surface area (Å²) >= 11 is 2.12. The van der Waals surface area contributed by atoms with Crippen LogP contribution in [0.4, 0.5) is 0 Å². The van der Waals surface area contributed by atoms with E-state index in [2.05, 4.69) is 28.5 Å². The molecule has 0 fully saturated rings. The van der Waals surface area contributed by atoms with Crippen LogP contribution in [0.2, 0.25) is 0 Å². The van der Waals surface area contributed by atoms with Gasteiger partial charge >= 0.3 is 5.97 Å². The molecule has 2 rings (SSSR count). The number of halogens is 1. The molecule has 0 saturated carbocycles. The Morgan fingerprint density at radius 2 is 2.00 bits per heavy atom. The van der Waals surface area contributed by atoms with E-state index in [1.54, 1.807) is 12.1 Å². The maximum absolute atomic E-state index is 12.0. The van der Waals surface area contributed by atoms with Crippen molar-refractivity contribution in [1.29, 1.82) is 0 Å². The minimum atomic E-state index is -0.484. The van der Waals surface area contributed by atoms with E-state index in [4.69, 9.17) is 20.6 Å². The monoisotopic (exact) mass is 450 g/mol. The summed E-state index contributed by atoms with van der Waals surface area (Å²) in [5, 5.41) is 0. The Morgan fingerprint density at radius 1 is 1.24 bits per heavy atom. The van der Waals surface area contributed by atoms with Gasteiger partial charge in [-0.3, -0.25) is 0 Å². The molecule has 5 heteroatoms. The summed E-state index contributed by atoms with van der Waals surface area (Å²) in [5.74, 6) is 2.91. The molecule has 0 heterocycles. The van der Waals surface area contributed by atoms with Gasteiger partial charge in [0.1, 0.15) is 6.61 Å². The maximum Gasteiger partial charge on any atom is 0.339 e. The molecule has 25 heavy (non-hydrogen) atoms. The molecule has 0 aliphatic carbocycles. The van der Waals surface area contributed by atoms with Gasteiger partial charge in [0.25, 0.3) is 0 Å². The Hall–Kier alpha value is -2.20. The summed E-state index contributed by atoms with van der Waals surface area (Å²) in [7, 11) is 0. The van der Waals surface area contributed by atoms with Gasteiger partial charge in [-0.2, -0.15) is 0 Å². The van der Waals surface area contributed by atoms with Crippen LogP contribution in [0.3, 0.4) is 0 Å². The smallest absolute Gasteiger partial charge is 0.339 e. The van der Waals surface area contributed by atoms with Crippen LogP contribution in [0.1, 0.15) is 28.4 Å². The molecule has 0 amide bonds. The van der Waals surface area contributed by atoms with Crippen molar-refractivity contribution in [3.63, 3.8) is 0 Å². The summed E-state index contributed by atoms with van der Waals surface area (Å²) in [5.41, 5.74) is 2.63. The van der Waals surface area contributed by atoms with E-state index in [1.807, 2.05) is 38.1 Å². The summed E-state index contributed by atoms with van der Waals surface area (Å²) in [6.07, 6.45) is 5.12. The topological polar surface area (TPSA) is 44.8 Å².